The third-order valence-electron chi connectivity index (χ3n) is 4.20. The number of methoxy groups -OCH3 is 1. The molecule has 1 N–H and O–H groups in total. The van der Waals surface area contributed by atoms with Gasteiger partial charge in [0.2, 0.25) is 0 Å². The number of hydrogen-bond acceptors (Lipinski definition) is 6. The summed E-state index contributed by atoms with van der Waals surface area (Å²) in [5.74, 6) is -0.527. The Morgan fingerprint density at radius 2 is 1.93 bits per heavy atom. The highest BCUT2D eigenvalue weighted by molar-refractivity contribution is 6.05. The van der Waals surface area contributed by atoms with Crippen molar-refractivity contribution >= 4 is 22.8 Å². The molecule has 0 saturated heterocycles. The number of fused-ring (bicyclic) bond motifs is 1. The van der Waals surface area contributed by atoms with E-state index in [0.717, 1.165) is 5.56 Å². The predicted octanol–water partition coefficient (Wildman–Crippen LogP) is 3.10. The molecule has 3 rings (SSSR count). The lowest BCUT2D eigenvalue weighted by Gasteiger charge is -2.11. The Kier molecular flexibility index (Phi) is 6.38. The van der Waals surface area contributed by atoms with Crippen LogP contribution >= 0.6 is 0 Å². The molecule has 146 valence electrons. The van der Waals surface area contributed by atoms with Crippen LogP contribution in [0.5, 0.6) is 5.75 Å². The smallest absolute Gasteiger partial charge is 0.339 e. The standard InChI is InChI=1S/C22H19N3O4/c1-28-16-8-9-19-17(12-16)18(13-20(25-19)15-6-3-2-4-7-15)22(27)29-14-21(26)24-11-5-10-23/h2-4,6-9,12-13H,5,11,14H2,1H3,(H,24,26). The summed E-state index contributed by atoms with van der Waals surface area (Å²) in [6.45, 7) is -0.223. The van der Waals surface area contributed by atoms with Crippen molar-refractivity contribution in [3.05, 3.63) is 60.2 Å². The van der Waals surface area contributed by atoms with Gasteiger partial charge in [-0.3, -0.25) is 4.79 Å². The van der Waals surface area contributed by atoms with Gasteiger partial charge in [0.25, 0.3) is 5.91 Å². The SMILES string of the molecule is COc1ccc2nc(-c3ccccc3)cc(C(=O)OCC(=O)NCCC#N)c2c1. The van der Waals surface area contributed by atoms with Crippen molar-refractivity contribution < 1.29 is 19.1 Å². The highest BCUT2D eigenvalue weighted by Gasteiger charge is 2.17. The Morgan fingerprint density at radius 1 is 1.14 bits per heavy atom. The zero-order valence-corrected chi connectivity index (χ0v) is 15.8. The number of carbonyl (C=O) groups excluding carboxylic acids is 2. The van der Waals surface area contributed by atoms with E-state index in [1.807, 2.05) is 36.4 Å². The summed E-state index contributed by atoms with van der Waals surface area (Å²) in [6.07, 6.45) is 0.189. The molecule has 0 atom stereocenters. The monoisotopic (exact) mass is 389 g/mol. The van der Waals surface area contributed by atoms with E-state index in [2.05, 4.69) is 10.3 Å². The second-order valence-corrected chi connectivity index (χ2v) is 6.14. The first-order valence-electron chi connectivity index (χ1n) is 8.97. The molecule has 0 spiro atoms. The Balaban J connectivity index is 1.92. The molecule has 0 unspecified atom stereocenters. The average molecular weight is 389 g/mol. The number of ether oxygens (including phenoxy) is 2. The number of benzene rings is 2. The number of nitrogens with one attached hydrogen (secondary N) is 1. The topological polar surface area (TPSA) is 101 Å². The molecule has 0 aliphatic carbocycles. The van der Waals surface area contributed by atoms with E-state index in [1.165, 1.54) is 7.11 Å². The quantitative estimate of drug-likeness (QED) is 0.492. The lowest BCUT2D eigenvalue weighted by Crippen LogP contribution is -2.29. The second kappa shape index (κ2) is 9.33. The third-order valence-corrected chi connectivity index (χ3v) is 4.20. The highest BCUT2D eigenvalue weighted by Crippen LogP contribution is 2.28. The van der Waals surface area contributed by atoms with Gasteiger partial charge in [-0.15, -0.1) is 0 Å². The summed E-state index contributed by atoms with van der Waals surface area (Å²) in [5.41, 5.74) is 2.37. The summed E-state index contributed by atoms with van der Waals surface area (Å²) in [7, 11) is 1.54. The molecule has 0 aliphatic heterocycles. The average Bonchev–Trinajstić information content (AvgIpc) is 2.77. The highest BCUT2D eigenvalue weighted by atomic mass is 16.5. The molecule has 2 aromatic carbocycles. The van der Waals surface area contributed by atoms with Crippen LogP contribution in [0.15, 0.2) is 54.6 Å². The number of rotatable bonds is 7. The number of aromatic nitrogens is 1. The lowest BCUT2D eigenvalue weighted by atomic mass is 10.0. The number of pyridine rings is 1. The molecule has 3 aromatic rings. The van der Waals surface area contributed by atoms with Crippen molar-refractivity contribution in [1.29, 1.82) is 5.26 Å². The van der Waals surface area contributed by atoms with Gasteiger partial charge in [-0.05, 0) is 24.3 Å². The van der Waals surface area contributed by atoms with E-state index < -0.39 is 18.5 Å². The van der Waals surface area contributed by atoms with E-state index in [4.69, 9.17) is 14.7 Å². The maximum atomic E-state index is 12.8. The molecule has 0 bridgehead atoms. The van der Waals surface area contributed by atoms with Crippen LogP contribution in [0.2, 0.25) is 0 Å². The largest absolute Gasteiger partial charge is 0.497 e. The summed E-state index contributed by atoms with van der Waals surface area (Å²) in [5, 5.41) is 11.6. The number of nitriles is 1. The maximum Gasteiger partial charge on any atom is 0.339 e. The number of amides is 1. The van der Waals surface area contributed by atoms with Crippen LogP contribution in [0.4, 0.5) is 0 Å². The summed E-state index contributed by atoms with van der Waals surface area (Å²) in [4.78, 5) is 29.2. The van der Waals surface area contributed by atoms with Gasteiger partial charge in [-0.1, -0.05) is 30.3 Å². The molecule has 0 aliphatic rings. The summed E-state index contributed by atoms with van der Waals surface area (Å²) < 4.78 is 10.4. The van der Waals surface area contributed by atoms with Crippen LogP contribution < -0.4 is 10.1 Å². The van der Waals surface area contributed by atoms with Crippen LogP contribution in [-0.4, -0.2) is 37.1 Å². The third kappa shape index (κ3) is 4.87. The minimum atomic E-state index is -0.640. The van der Waals surface area contributed by atoms with Crippen molar-refractivity contribution in [2.75, 3.05) is 20.3 Å². The molecule has 7 nitrogen and oxygen atoms in total. The van der Waals surface area contributed by atoms with E-state index >= 15 is 0 Å². The first-order chi connectivity index (χ1) is 14.1. The normalized spacial score (nSPS) is 10.2. The molecule has 1 aromatic heterocycles. The minimum Gasteiger partial charge on any atom is -0.497 e. The van der Waals surface area contributed by atoms with Crippen LogP contribution in [-0.2, 0) is 9.53 Å². The molecule has 29 heavy (non-hydrogen) atoms. The van der Waals surface area contributed by atoms with Crippen molar-refractivity contribution in [2.24, 2.45) is 0 Å². The van der Waals surface area contributed by atoms with Gasteiger partial charge in [0.05, 0.1) is 36.4 Å². The van der Waals surface area contributed by atoms with E-state index in [9.17, 15) is 9.59 Å². The number of esters is 1. The van der Waals surface area contributed by atoms with Crippen molar-refractivity contribution in [1.82, 2.24) is 10.3 Å². The predicted molar refractivity (Wildman–Crippen MR) is 107 cm³/mol. The van der Waals surface area contributed by atoms with Crippen LogP contribution in [0, 0.1) is 11.3 Å². The number of nitrogens with zero attached hydrogens (tertiary/aromatic N) is 2. The van der Waals surface area contributed by atoms with E-state index in [-0.39, 0.29) is 18.5 Å². The zero-order chi connectivity index (χ0) is 20.6. The van der Waals surface area contributed by atoms with Gasteiger partial charge < -0.3 is 14.8 Å². The van der Waals surface area contributed by atoms with Crippen molar-refractivity contribution in [3.63, 3.8) is 0 Å². The van der Waals surface area contributed by atoms with Gasteiger partial charge in [-0.2, -0.15) is 5.26 Å². The molecule has 0 radical (unpaired) electrons. The second-order valence-electron chi connectivity index (χ2n) is 6.14. The Labute approximate surface area is 167 Å². The fourth-order valence-electron chi connectivity index (χ4n) is 2.78. The zero-order valence-electron chi connectivity index (χ0n) is 15.8. The Hall–Kier alpha value is -3.92. The molecule has 0 saturated carbocycles. The molecule has 1 heterocycles. The van der Waals surface area contributed by atoms with E-state index in [1.54, 1.807) is 24.3 Å². The fourth-order valence-corrected chi connectivity index (χ4v) is 2.78. The summed E-state index contributed by atoms with van der Waals surface area (Å²) in [6, 6.07) is 18.3. The summed E-state index contributed by atoms with van der Waals surface area (Å²) >= 11 is 0. The molecule has 7 heteroatoms. The lowest BCUT2D eigenvalue weighted by molar-refractivity contribution is -0.124. The van der Waals surface area contributed by atoms with Gasteiger partial charge in [0.15, 0.2) is 6.61 Å². The van der Waals surface area contributed by atoms with Crippen LogP contribution in [0.1, 0.15) is 16.8 Å². The van der Waals surface area contributed by atoms with Gasteiger partial charge in [-0.25, -0.2) is 9.78 Å². The maximum absolute atomic E-state index is 12.8. The number of hydrogen-bond donors (Lipinski definition) is 1. The fraction of sp³-hybridized carbons (Fsp3) is 0.182. The van der Waals surface area contributed by atoms with Crippen LogP contribution in [0.3, 0.4) is 0 Å². The molecular formula is C22H19N3O4. The van der Waals surface area contributed by atoms with Gasteiger partial charge in [0.1, 0.15) is 5.75 Å². The first kappa shape index (κ1) is 19.8. The van der Waals surface area contributed by atoms with Gasteiger partial charge >= 0.3 is 5.97 Å². The minimum absolute atomic E-state index is 0.189. The Bertz CT molecular complexity index is 1070. The first-order valence-corrected chi connectivity index (χ1v) is 8.97. The van der Waals surface area contributed by atoms with Crippen molar-refractivity contribution in [3.8, 4) is 23.1 Å². The van der Waals surface area contributed by atoms with E-state index in [0.29, 0.717) is 22.3 Å². The number of carbonyl (C=O) groups is 2. The molecule has 1 amide bonds. The Morgan fingerprint density at radius 3 is 2.66 bits per heavy atom. The van der Waals surface area contributed by atoms with Crippen molar-refractivity contribution in [2.45, 2.75) is 6.42 Å². The molecule has 0 fully saturated rings. The molecular weight excluding hydrogens is 370 g/mol. The van der Waals surface area contributed by atoms with Crippen LogP contribution in [0.25, 0.3) is 22.2 Å². The van der Waals surface area contributed by atoms with Gasteiger partial charge in [0, 0.05) is 17.5 Å².